The van der Waals surface area contributed by atoms with Gasteiger partial charge in [0.1, 0.15) is 5.75 Å². The Hall–Kier alpha value is -1.03. The lowest BCUT2D eigenvalue weighted by molar-refractivity contribution is 0.0960. The number of methoxy groups -OCH3 is 1. The van der Waals surface area contributed by atoms with Crippen LogP contribution >= 0.6 is 11.3 Å². The van der Waals surface area contributed by atoms with Gasteiger partial charge in [0, 0.05) is 17.3 Å². The Balaban J connectivity index is 3.10. The van der Waals surface area contributed by atoms with Crippen molar-refractivity contribution in [3.8, 4) is 5.75 Å². The first kappa shape index (κ1) is 9.06. The van der Waals surface area contributed by atoms with E-state index in [4.69, 9.17) is 4.74 Å². The number of ether oxygens (including phenoxy) is 1. The van der Waals surface area contributed by atoms with Gasteiger partial charge in [0.25, 0.3) is 5.91 Å². The fourth-order valence-corrected chi connectivity index (χ4v) is 1.79. The summed E-state index contributed by atoms with van der Waals surface area (Å²) in [5.41, 5.74) is 0.644. The lowest BCUT2D eigenvalue weighted by Gasteiger charge is -2.01. The Morgan fingerprint density at radius 3 is 2.83 bits per heavy atom. The molecule has 66 valence electrons. The topological polar surface area (TPSA) is 38.3 Å². The van der Waals surface area contributed by atoms with Crippen LogP contribution in [-0.4, -0.2) is 20.1 Å². The molecule has 3 nitrogen and oxygen atoms in total. The fourth-order valence-electron chi connectivity index (χ4n) is 0.980. The number of nitrogens with one attached hydrogen (secondary N) is 1. The average Bonchev–Trinajstić information content (AvgIpc) is 2.45. The highest BCUT2D eigenvalue weighted by molar-refractivity contribution is 7.10. The molecule has 1 rings (SSSR count). The minimum absolute atomic E-state index is 0.0920. The van der Waals surface area contributed by atoms with Crippen LogP contribution in [0.1, 0.15) is 15.2 Å². The maximum Gasteiger partial charge on any atom is 0.255 e. The molecule has 0 aliphatic heterocycles. The summed E-state index contributed by atoms with van der Waals surface area (Å²) >= 11 is 1.51. The van der Waals surface area contributed by atoms with E-state index in [2.05, 4.69) is 5.32 Å². The van der Waals surface area contributed by atoms with Gasteiger partial charge in [0.15, 0.2) is 0 Å². The van der Waals surface area contributed by atoms with Gasteiger partial charge in [-0.05, 0) is 6.92 Å². The molecule has 0 spiro atoms. The average molecular weight is 185 g/mol. The molecule has 0 radical (unpaired) electrons. The third kappa shape index (κ3) is 1.43. The summed E-state index contributed by atoms with van der Waals surface area (Å²) in [6.07, 6.45) is 0. The predicted octanol–water partition coefficient (Wildman–Crippen LogP) is 1.42. The van der Waals surface area contributed by atoms with E-state index in [-0.39, 0.29) is 5.91 Å². The molecule has 0 saturated carbocycles. The number of carbonyl (C=O) groups excluding carboxylic acids is 1. The summed E-state index contributed by atoms with van der Waals surface area (Å²) in [5, 5.41) is 4.40. The van der Waals surface area contributed by atoms with E-state index in [9.17, 15) is 4.79 Å². The van der Waals surface area contributed by atoms with Gasteiger partial charge in [-0.2, -0.15) is 0 Å². The van der Waals surface area contributed by atoms with Crippen molar-refractivity contribution in [1.82, 2.24) is 5.32 Å². The lowest BCUT2D eigenvalue weighted by Crippen LogP contribution is -2.18. The van der Waals surface area contributed by atoms with Crippen molar-refractivity contribution in [1.29, 1.82) is 0 Å². The first-order valence-electron chi connectivity index (χ1n) is 3.54. The molecule has 4 heteroatoms. The smallest absolute Gasteiger partial charge is 0.255 e. The van der Waals surface area contributed by atoms with E-state index in [1.807, 2.05) is 12.3 Å². The number of aryl methyl sites for hydroxylation is 1. The molecule has 0 atom stereocenters. The van der Waals surface area contributed by atoms with Crippen LogP contribution in [0, 0.1) is 6.92 Å². The number of hydrogen-bond donors (Lipinski definition) is 1. The van der Waals surface area contributed by atoms with Crippen molar-refractivity contribution >= 4 is 17.2 Å². The highest BCUT2D eigenvalue weighted by atomic mass is 32.1. The molecule has 0 aromatic carbocycles. The molecule has 0 aliphatic carbocycles. The van der Waals surface area contributed by atoms with Gasteiger partial charge in [0.05, 0.1) is 12.7 Å². The number of rotatable bonds is 2. The molecule has 1 aromatic heterocycles. The molecule has 12 heavy (non-hydrogen) atoms. The SMILES string of the molecule is CNC(=O)c1c(OC)csc1C. The summed E-state index contributed by atoms with van der Waals surface area (Å²) in [6, 6.07) is 0. The summed E-state index contributed by atoms with van der Waals surface area (Å²) in [5.74, 6) is 0.558. The first-order valence-corrected chi connectivity index (χ1v) is 4.42. The van der Waals surface area contributed by atoms with Crippen LogP contribution in [0.15, 0.2) is 5.38 Å². The maximum absolute atomic E-state index is 11.3. The van der Waals surface area contributed by atoms with E-state index < -0.39 is 0 Å². The van der Waals surface area contributed by atoms with Crippen LogP contribution in [0.5, 0.6) is 5.75 Å². The van der Waals surface area contributed by atoms with Gasteiger partial charge in [-0.25, -0.2) is 0 Å². The largest absolute Gasteiger partial charge is 0.495 e. The van der Waals surface area contributed by atoms with Gasteiger partial charge in [-0.3, -0.25) is 4.79 Å². The predicted molar refractivity (Wildman–Crippen MR) is 49.0 cm³/mol. The first-order chi connectivity index (χ1) is 5.70. The Labute approximate surface area is 75.4 Å². The van der Waals surface area contributed by atoms with Crippen LogP contribution in [0.2, 0.25) is 0 Å². The second-order valence-corrected chi connectivity index (χ2v) is 3.40. The summed E-state index contributed by atoms with van der Waals surface area (Å²) in [4.78, 5) is 12.3. The number of amides is 1. The van der Waals surface area contributed by atoms with E-state index in [1.54, 1.807) is 14.2 Å². The normalized spacial score (nSPS) is 9.58. The standard InChI is InChI=1S/C8H11NO2S/c1-5-7(8(10)9-2)6(11-3)4-12-5/h4H,1-3H3,(H,9,10). The molecule has 0 bridgehead atoms. The molecule has 1 N–H and O–H groups in total. The van der Waals surface area contributed by atoms with E-state index >= 15 is 0 Å². The minimum Gasteiger partial charge on any atom is -0.495 e. The monoisotopic (exact) mass is 185 g/mol. The number of carbonyl (C=O) groups is 1. The zero-order chi connectivity index (χ0) is 9.14. The van der Waals surface area contributed by atoms with Crippen LogP contribution < -0.4 is 10.1 Å². The minimum atomic E-state index is -0.0920. The summed E-state index contributed by atoms with van der Waals surface area (Å²) in [6.45, 7) is 1.90. The second-order valence-electron chi connectivity index (χ2n) is 2.31. The Morgan fingerprint density at radius 1 is 1.67 bits per heavy atom. The van der Waals surface area contributed by atoms with Gasteiger partial charge in [-0.1, -0.05) is 0 Å². The summed E-state index contributed by atoms with van der Waals surface area (Å²) < 4.78 is 5.04. The lowest BCUT2D eigenvalue weighted by atomic mass is 10.2. The highest BCUT2D eigenvalue weighted by Gasteiger charge is 2.15. The second kappa shape index (κ2) is 3.58. The van der Waals surface area contributed by atoms with Crippen LogP contribution in [0.3, 0.4) is 0 Å². The van der Waals surface area contributed by atoms with E-state index in [0.29, 0.717) is 11.3 Å². The summed E-state index contributed by atoms with van der Waals surface area (Å²) in [7, 11) is 3.17. The van der Waals surface area contributed by atoms with E-state index in [1.165, 1.54) is 11.3 Å². The molecular formula is C8H11NO2S. The molecule has 0 saturated heterocycles. The highest BCUT2D eigenvalue weighted by Crippen LogP contribution is 2.27. The zero-order valence-electron chi connectivity index (χ0n) is 7.30. The van der Waals surface area contributed by atoms with Crippen molar-refractivity contribution in [3.05, 3.63) is 15.8 Å². The fraction of sp³-hybridized carbons (Fsp3) is 0.375. The number of thiophene rings is 1. The molecule has 0 fully saturated rings. The van der Waals surface area contributed by atoms with Gasteiger partial charge >= 0.3 is 0 Å². The van der Waals surface area contributed by atoms with Crippen molar-refractivity contribution < 1.29 is 9.53 Å². The van der Waals surface area contributed by atoms with Crippen LogP contribution in [0.4, 0.5) is 0 Å². The van der Waals surface area contributed by atoms with E-state index in [0.717, 1.165) is 4.88 Å². The Kier molecular flexibility index (Phi) is 2.70. The zero-order valence-corrected chi connectivity index (χ0v) is 8.12. The van der Waals surface area contributed by atoms with Crippen molar-refractivity contribution in [2.45, 2.75) is 6.92 Å². The molecular weight excluding hydrogens is 174 g/mol. The van der Waals surface area contributed by atoms with Gasteiger partial charge in [0.2, 0.25) is 0 Å². The Bertz CT molecular complexity index is 293. The third-order valence-corrected chi connectivity index (χ3v) is 2.50. The maximum atomic E-state index is 11.3. The Morgan fingerprint density at radius 2 is 2.33 bits per heavy atom. The van der Waals surface area contributed by atoms with Crippen molar-refractivity contribution in [2.24, 2.45) is 0 Å². The molecule has 0 aliphatic rings. The third-order valence-electron chi connectivity index (χ3n) is 1.62. The molecule has 1 amide bonds. The molecule has 0 unspecified atom stereocenters. The van der Waals surface area contributed by atoms with Crippen molar-refractivity contribution in [3.63, 3.8) is 0 Å². The van der Waals surface area contributed by atoms with Gasteiger partial charge < -0.3 is 10.1 Å². The number of hydrogen-bond acceptors (Lipinski definition) is 3. The molecule has 1 aromatic rings. The van der Waals surface area contributed by atoms with Crippen LogP contribution in [0.25, 0.3) is 0 Å². The van der Waals surface area contributed by atoms with Gasteiger partial charge in [-0.15, -0.1) is 11.3 Å². The molecule has 1 heterocycles. The van der Waals surface area contributed by atoms with Crippen LogP contribution in [-0.2, 0) is 0 Å². The van der Waals surface area contributed by atoms with Crippen molar-refractivity contribution in [2.75, 3.05) is 14.2 Å². The quantitative estimate of drug-likeness (QED) is 0.756.